The first-order valence-electron chi connectivity index (χ1n) is 40.4. The number of phenols is 4. The van der Waals surface area contributed by atoms with Crippen molar-refractivity contribution in [2.24, 2.45) is 53.3 Å². The monoisotopic (exact) mass is 1460 g/mol. The van der Waals surface area contributed by atoms with Gasteiger partial charge in [0.25, 0.3) is 0 Å². The van der Waals surface area contributed by atoms with E-state index in [4.69, 9.17) is 34.7 Å². The van der Waals surface area contributed by atoms with Gasteiger partial charge in [0.05, 0.1) is 46.6 Å². The fraction of sp³-hybridized carbons (Fsp3) is 0.589. The normalized spacial score (nSPS) is 13.3. The zero-order valence-electron chi connectivity index (χ0n) is 70.2. The van der Waals surface area contributed by atoms with Gasteiger partial charge in [0.1, 0.15) is 0 Å². The van der Waals surface area contributed by atoms with E-state index in [1.807, 2.05) is 70.2 Å². The number of ether oxygens (including phenoxy) is 4. The first-order chi connectivity index (χ1) is 50.6. The van der Waals surface area contributed by atoms with Crippen LogP contribution in [0.2, 0.25) is 0 Å². The maximum absolute atomic E-state index is 9.76. The van der Waals surface area contributed by atoms with E-state index in [0.717, 1.165) is 79.9 Å². The lowest BCUT2D eigenvalue weighted by molar-refractivity contribution is 0.369. The predicted molar refractivity (Wildman–Crippen MR) is 446 cm³/mol. The number of phenolic OH excluding ortho intramolecular Hbond substituents is 4. The smallest absolute Gasteiger partial charge is 0.163 e. The Morgan fingerprint density at radius 3 is 1.05 bits per heavy atom. The van der Waals surface area contributed by atoms with Gasteiger partial charge < -0.3 is 39.4 Å². The second-order valence-electron chi connectivity index (χ2n) is 31.1. The number of hydrogen-bond donors (Lipinski definition) is 4. The van der Waals surface area contributed by atoms with E-state index in [0.29, 0.717) is 70.3 Å². The fourth-order valence-corrected chi connectivity index (χ4v) is 14.1. The van der Waals surface area contributed by atoms with Crippen molar-refractivity contribution < 1.29 is 39.4 Å². The van der Waals surface area contributed by atoms with Gasteiger partial charge >= 0.3 is 0 Å². The van der Waals surface area contributed by atoms with Crippen molar-refractivity contribution in [2.75, 3.05) is 28.4 Å². The zero-order chi connectivity index (χ0) is 79.7. The minimum Gasteiger partial charge on any atom is -0.504 e. The van der Waals surface area contributed by atoms with Gasteiger partial charge in [0.2, 0.25) is 0 Å². The molecule has 0 bridgehead atoms. The highest BCUT2D eigenvalue weighted by Gasteiger charge is 2.23. The Kier molecular flexibility index (Phi) is 50.4. The zero-order valence-corrected chi connectivity index (χ0v) is 70.2. The predicted octanol–water partition coefficient (Wildman–Crippen LogP) is 26.9. The van der Waals surface area contributed by atoms with Gasteiger partial charge in [0.15, 0.2) is 46.0 Å². The number of nitriles is 3. The summed E-state index contributed by atoms with van der Waals surface area (Å²) in [5.74, 6) is 9.09. The largest absolute Gasteiger partial charge is 0.504 e. The van der Waals surface area contributed by atoms with Gasteiger partial charge in [-0.05, 0) is 226 Å². The van der Waals surface area contributed by atoms with E-state index in [1.165, 1.54) is 111 Å². The first kappa shape index (κ1) is 96.2. The summed E-state index contributed by atoms with van der Waals surface area (Å²) in [5, 5.41) is 65.6. The second-order valence-corrected chi connectivity index (χ2v) is 31.1. The van der Waals surface area contributed by atoms with Crippen LogP contribution < -0.4 is 18.9 Å². The quantitative estimate of drug-likeness (QED) is 0.0270. The highest BCUT2D eigenvalue weighted by atomic mass is 16.5. The topological polar surface area (TPSA) is 189 Å². The number of hydrogen-bond acceptors (Lipinski definition) is 11. The number of aromatic hydroxyl groups is 4. The van der Waals surface area contributed by atoms with Crippen molar-refractivity contribution in [3.63, 3.8) is 0 Å². The van der Waals surface area contributed by atoms with Crippen molar-refractivity contribution in [3.05, 3.63) is 166 Å². The second kappa shape index (κ2) is 55.6. The standard InChI is InChI=1S/C18H27NO2.C17H28O2.C16H26O2.C15H21NO2.C15H24.C14H19N/c1-5-6-15(12-19)8-7-13(2)11-16-9-10-17(20)18(21-4)14(16)3;1-5-6-7-8-9-13(2)12-15-10-11-16(18)17(19-4)14(15)3;1-5-6-7-8-14(12(2)3)13-9-10-15(17)16(11-13)18-4;1-10(2)13(7-11(3)9-16)12-5-6-14(17)15(8-12)18-4;1-4-5-7-12-15(13(2)3)14-10-8-6-9-11-14;1-11(2)14(9-12(3)10-15)13-7-5-4-6-8-13/h9-10,13,15,20H,5-8,11H2,1-4H3;10-11,13,18H,5-9,12H2,1-4H3;9-12,14,17H,5-8H2,1-4H3;5-6,8,10-11,13,17H,7H2,1-4H3;6,8-11,13,15H,4-5,7,12H2,1-3H3;4-8,11-12,14H,9H2,1-3H3. The van der Waals surface area contributed by atoms with Gasteiger partial charge in [0, 0.05) is 17.8 Å². The van der Waals surface area contributed by atoms with Crippen molar-refractivity contribution in [1.29, 1.82) is 15.8 Å². The molecule has 0 heterocycles. The number of methoxy groups -OCH3 is 4. The maximum atomic E-state index is 9.76. The van der Waals surface area contributed by atoms with Crippen LogP contribution in [-0.4, -0.2) is 48.9 Å². The summed E-state index contributed by atoms with van der Waals surface area (Å²) >= 11 is 0. The molecular formula is C95H145N3O8. The Bertz CT molecular complexity index is 3400. The summed E-state index contributed by atoms with van der Waals surface area (Å²) in [6.45, 7) is 39.3. The molecule has 6 aromatic carbocycles. The number of benzene rings is 6. The first-order valence-corrected chi connectivity index (χ1v) is 40.4. The summed E-state index contributed by atoms with van der Waals surface area (Å²) in [7, 11) is 6.33. The van der Waals surface area contributed by atoms with Crippen LogP contribution in [0.3, 0.4) is 0 Å². The van der Waals surface area contributed by atoms with Crippen LogP contribution in [-0.2, 0) is 12.8 Å². The Hall–Kier alpha value is -7.81. The summed E-state index contributed by atoms with van der Waals surface area (Å²) in [5.41, 5.74) is 9.84. The molecule has 0 saturated carbocycles. The van der Waals surface area contributed by atoms with Crippen molar-refractivity contribution in [3.8, 4) is 64.2 Å². The Morgan fingerprint density at radius 2 is 0.689 bits per heavy atom. The molecule has 0 aliphatic heterocycles. The van der Waals surface area contributed by atoms with E-state index >= 15 is 0 Å². The highest BCUT2D eigenvalue weighted by molar-refractivity contribution is 5.50. The average Bonchev–Trinajstić information content (AvgIpc) is 0.850. The van der Waals surface area contributed by atoms with E-state index in [1.54, 1.807) is 52.7 Å². The van der Waals surface area contributed by atoms with Crippen LogP contribution in [0.5, 0.6) is 46.0 Å². The molecule has 0 saturated heterocycles. The van der Waals surface area contributed by atoms with E-state index in [-0.39, 0.29) is 40.8 Å². The number of nitrogens with zero attached hydrogens (tertiary/aromatic N) is 3. The fourth-order valence-electron chi connectivity index (χ4n) is 14.1. The summed E-state index contributed by atoms with van der Waals surface area (Å²) in [4.78, 5) is 0. The van der Waals surface area contributed by atoms with E-state index in [2.05, 4.69) is 170 Å². The molecule has 0 spiro atoms. The van der Waals surface area contributed by atoms with Crippen LogP contribution in [0.4, 0.5) is 0 Å². The van der Waals surface area contributed by atoms with Crippen LogP contribution in [0.1, 0.15) is 301 Å². The molecule has 588 valence electrons. The molecule has 0 aliphatic carbocycles. The Balaban J connectivity index is 0.000000638. The van der Waals surface area contributed by atoms with Crippen LogP contribution in [0, 0.1) is 101 Å². The molecule has 0 aromatic heterocycles. The van der Waals surface area contributed by atoms with Crippen LogP contribution in [0.25, 0.3) is 0 Å². The maximum Gasteiger partial charge on any atom is 0.163 e. The van der Waals surface area contributed by atoms with Gasteiger partial charge in [-0.2, -0.15) is 15.8 Å². The molecule has 11 heteroatoms. The molecule has 0 fully saturated rings. The Labute approximate surface area is 646 Å². The lowest BCUT2D eigenvalue weighted by Crippen LogP contribution is -2.10. The van der Waals surface area contributed by atoms with Gasteiger partial charge in [-0.1, -0.05) is 259 Å². The van der Waals surface area contributed by atoms with Gasteiger partial charge in [-0.15, -0.1) is 0 Å². The molecule has 9 unspecified atom stereocenters. The lowest BCUT2D eigenvalue weighted by atomic mass is 9.82. The average molecular weight is 1460 g/mol. The SMILES string of the molecule is CC(C#N)CC(c1ccccc1)C(C)C.CCCC(C#N)CCC(C)Cc1ccc(O)c(OC)c1C.CCCCCC(c1ccc(O)c(OC)c1)C(C)C.CCCCCC(c1ccccc1)C(C)C.CCCCCCC(C)Cc1ccc(O)c(OC)c1C.COc1cc(C(CC(C)C#N)C(C)C)ccc1O. The molecule has 106 heavy (non-hydrogen) atoms. The minimum absolute atomic E-state index is 0.0252. The molecule has 11 nitrogen and oxygen atoms in total. The number of rotatable bonds is 38. The van der Waals surface area contributed by atoms with Crippen molar-refractivity contribution in [1.82, 2.24) is 0 Å². The third kappa shape index (κ3) is 36.7. The third-order valence-corrected chi connectivity index (χ3v) is 20.7. The molecule has 6 rings (SSSR count). The molecule has 0 radical (unpaired) electrons. The third-order valence-electron chi connectivity index (χ3n) is 20.7. The molecule has 4 N–H and O–H groups in total. The lowest BCUT2D eigenvalue weighted by Gasteiger charge is -2.23. The molecule has 9 atom stereocenters. The summed E-state index contributed by atoms with van der Waals surface area (Å²) in [6.07, 6.45) is 24.9. The minimum atomic E-state index is 0.0252. The number of unbranched alkanes of at least 4 members (excludes halogenated alkanes) is 7. The van der Waals surface area contributed by atoms with Crippen molar-refractivity contribution in [2.45, 2.75) is 283 Å². The van der Waals surface area contributed by atoms with E-state index < -0.39 is 0 Å². The molecule has 6 aromatic rings. The van der Waals surface area contributed by atoms with Gasteiger partial charge in [-0.3, -0.25) is 0 Å². The van der Waals surface area contributed by atoms with Crippen LogP contribution >= 0.6 is 0 Å². The Morgan fingerprint density at radius 1 is 0.340 bits per heavy atom. The summed E-state index contributed by atoms with van der Waals surface area (Å²) in [6, 6.07) is 47.1. The molecular weight excluding hydrogens is 1310 g/mol. The van der Waals surface area contributed by atoms with Gasteiger partial charge in [-0.25, -0.2) is 0 Å². The van der Waals surface area contributed by atoms with E-state index in [9.17, 15) is 20.4 Å². The van der Waals surface area contributed by atoms with Crippen molar-refractivity contribution >= 4 is 0 Å². The highest BCUT2D eigenvalue weighted by Crippen LogP contribution is 2.40. The summed E-state index contributed by atoms with van der Waals surface area (Å²) < 4.78 is 20.8. The molecule has 0 aliphatic rings. The molecule has 0 amide bonds. The van der Waals surface area contributed by atoms with Crippen LogP contribution in [0.15, 0.2) is 121 Å².